The van der Waals surface area contributed by atoms with Gasteiger partial charge >= 0.3 is 0 Å². The summed E-state index contributed by atoms with van der Waals surface area (Å²) in [5, 5.41) is 2.89. The Morgan fingerprint density at radius 1 is 1.13 bits per heavy atom. The number of pyridine rings is 1. The first-order valence-corrected chi connectivity index (χ1v) is 7.49. The summed E-state index contributed by atoms with van der Waals surface area (Å²) in [7, 11) is 1.61. The summed E-state index contributed by atoms with van der Waals surface area (Å²) in [6.45, 7) is 4.74. The van der Waals surface area contributed by atoms with Gasteiger partial charge in [0.25, 0.3) is 0 Å². The third-order valence-electron chi connectivity index (χ3n) is 3.59. The minimum absolute atomic E-state index is 0.0847. The van der Waals surface area contributed by atoms with E-state index in [4.69, 9.17) is 9.47 Å². The SMILES string of the molecule is COCCOc1ccc(NC(=O)C(C)(C)c2ccccc2)cn1. The molecule has 1 amide bonds. The van der Waals surface area contributed by atoms with Crippen LogP contribution < -0.4 is 10.1 Å². The van der Waals surface area contributed by atoms with Crippen molar-refractivity contribution in [3.8, 4) is 5.88 Å². The Balaban J connectivity index is 2.00. The first-order valence-electron chi connectivity index (χ1n) is 7.49. The first kappa shape index (κ1) is 17.0. The number of amides is 1. The summed E-state index contributed by atoms with van der Waals surface area (Å²) in [5.41, 5.74) is 0.970. The zero-order valence-corrected chi connectivity index (χ0v) is 13.7. The summed E-state index contributed by atoms with van der Waals surface area (Å²) < 4.78 is 10.3. The second kappa shape index (κ2) is 7.74. The van der Waals surface area contributed by atoms with Crippen LogP contribution in [0.3, 0.4) is 0 Å². The maximum absolute atomic E-state index is 12.5. The maximum Gasteiger partial charge on any atom is 0.234 e. The van der Waals surface area contributed by atoms with Gasteiger partial charge in [-0.3, -0.25) is 4.79 Å². The van der Waals surface area contributed by atoms with Crippen LogP contribution in [0.5, 0.6) is 5.88 Å². The van der Waals surface area contributed by atoms with E-state index in [2.05, 4.69) is 10.3 Å². The second-order valence-electron chi connectivity index (χ2n) is 5.67. The molecule has 0 unspecified atom stereocenters. The molecule has 0 aliphatic carbocycles. The van der Waals surface area contributed by atoms with Crippen molar-refractivity contribution in [1.82, 2.24) is 4.98 Å². The minimum Gasteiger partial charge on any atom is -0.475 e. The van der Waals surface area contributed by atoms with Gasteiger partial charge in [0.15, 0.2) is 0 Å². The zero-order chi connectivity index (χ0) is 16.7. The Kier molecular flexibility index (Phi) is 5.71. The highest BCUT2D eigenvalue weighted by Crippen LogP contribution is 2.25. The molecule has 0 saturated carbocycles. The van der Waals surface area contributed by atoms with Crippen molar-refractivity contribution in [3.63, 3.8) is 0 Å². The quantitative estimate of drug-likeness (QED) is 0.798. The van der Waals surface area contributed by atoms with Gasteiger partial charge < -0.3 is 14.8 Å². The smallest absolute Gasteiger partial charge is 0.234 e. The molecule has 0 atom stereocenters. The molecule has 5 nitrogen and oxygen atoms in total. The number of anilines is 1. The van der Waals surface area contributed by atoms with Crippen LogP contribution in [-0.4, -0.2) is 31.2 Å². The monoisotopic (exact) mass is 314 g/mol. The van der Waals surface area contributed by atoms with E-state index in [-0.39, 0.29) is 5.91 Å². The molecule has 0 radical (unpaired) electrons. The normalized spacial score (nSPS) is 11.1. The van der Waals surface area contributed by atoms with Crippen molar-refractivity contribution < 1.29 is 14.3 Å². The van der Waals surface area contributed by atoms with Gasteiger partial charge in [0.1, 0.15) is 6.61 Å². The molecule has 2 rings (SSSR count). The fourth-order valence-corrected chi connectivity index (χ4v) is 2.04. The number of carbonyl (C=O) groups excluding carboxylic acids is 1. The molecular formula is C18H22N2O3. The number of hydrogen-bond donors (Lipinski definition) is 1. The van der Waals surface area contributed by atoms with Crippen LogP contribution in [0.25, 0.3) is 0 Å². The van der Waals surface area contributed by atoms with Gasteiger partial charge in [-0.25, -0.2) is 4.98 Å². The lowest BCUT2D eigenvalue weighted by Crippen LogP contribution is -2.34. The Hall–Kier alpha value is -2.40. The van der Waals surface area contributed by atoms with E-state index in [1.54, 1.807) is 25.4 Å². The van der Waals surface area contributed by atoms with Gasteiger partial charge in [0.2, 0.25) is 11.8 Å². The van der Waals surface area contributed by atoms with E-state index >= 15 is 0 Å². The standard InChI is InChI=1S/C18H22N2O3/c1-18(2,14-7-5-4-6-8-14)17(21)20-15-9-10-16(19-13-15)23-12-11-22-3/h4-10,13H,11-12H2,1-3H3,(H,20,21). The van der Waals surface area contributed by atoms with Gasteiger partial charge in [0, 0.05) is 13.2 Å². The van der Waals surface area contributed by atoms with Crippen LogP contribution in [0.1, 0.15) is 19.4 Å². The molecule has 1 aromatic carbocycles. The molecular weight excluding hydrogens is 292 g/mol. The Labute approximate surface area is 136 Å². The highest BCUT2D eigenvalue weighted by molar-refractivity contribution is 5.98. The van der Waals surface area contributed by atoms with E-state index in [0.29, 0.717) is 24.8 Å². The number of ether oxygens (including phenoxy) is 2. The van der Waals surface area contributed by atoms with Crippen LogP contribution in [0, 0.1) is 0 Å². The molecule has 0 aliphatic rings. The lowest BCUT2D eigenvalue weighted by atomic mass is 9.84. The van der Waals surface area contributed by atoms with Crippen molar-refractivity contribution in [2.75, 3.05) is 25.6 Å². The van der Waals surface area contributed by atoms with E-state index < -0.39 is 5.41 Å². The largest absolute Gasteiger partial charge is 0.475 e. The fraction of sp³-hybridized carbons (Fsp3) is 0.333. The van der Waals surface area contributed by atoms with Crippen LogP contribution >= 0.6 is 0 Å². The number of aromatic nitrogens is 1. The molecule has 1 heterocycles. The number of nitrogens with one attached hydrogen (secondary N) is 1. The number of rotatable bonds is 7. The molecule has 0 saturated heterocycles. The van der Waals surface area contributed by atoms with E-state index in [1.165, 1.54) is 0 Å². The Bertz CT molecular complexity index is 624. The molecule has 0 fully saturated rings. The highest BCUT2D eigenvalue weighted by atomic mass is 16.5. The third-order valence-corrected chi connectivity index (χ3v) is 3.59. The van der Waals surface area contributed by atoms with Crippen LogP contribution in [0.2, 0.25) is 0 Å². The maximum atomic E-state index is 12.5. The lowest BCUT2D eigenvalue weighted by molar-refractivity contribution is -0.120. The van der Waals surface area contributed by atoms with Gasteiger partial charge in [0.05, 0.1) is 23.9 Å². The number of methoxy groups -OCH3 is 1. The van der Waals surface area contributed by atoms with Crippen molar-refractivity contribution in [3.05, 3.63) is 54.2 Å². The second-order valence-corrected chi connectivity index (χ2v) is 5.67. The summed E-state index contributed by atoms with van der Waals surface area (Å²) >= 11 is 0. The van der Waals surface area contributed by atoms with Crippen LogP contribution in [0.4, 0.5) is 5.69 Å². The number of nitrogens with zero attached hydrogens (tertiary/aromatic N) is 1. The fourth-order valence-electron chi connectivity index (χ4n) is 2.04. The Morgan fingerprint density at radius 2 is 1.87 bits per heavy atom. The van der Waals surface area contributed by atoms with Gasteiger partial charge in [-0.05, 0) is 25.5 Å². The summed E-state index contributed by atoms with van der Waals surface area (Å²) in [5.74, 6) is 0.418. The summed E-state index contributed by atoms with van der Waals surface area (Å²) in [4.78, 5) is 16.7. The van der Waals surface area contributed by atoms with Crippen molar-refractivity contribution in [2.45, 2.75) is 19.3 Å². The van der Waals surface area contributed by atoms with Crippen molar-refractivity contribution in [2.24, 2.45) is 0 Å². The molecule has 23 heavy (non-hydrogen) atoms. The number of benzene rings is 1. The highest BCUT2D eigenvalue weighted by Gasteiger charge is 2.29. The van der Waals surface area contributed by atoms with Gasteiger partial charge in [-0.2, -0.15) is 0 Å². The van der Waals surface area contributed by atoms with Gasteiger partial charge in [-0.1, -0.05) is 30.3 Å². The minimum atomic E-state index is -0.630. The molecule has 5 heteroatoms. The van der Waals surface area contributed by atoms with E-state index in [1.807, 2.05) is 44.2 Å². The molecule has 2 aromatic rings. The molecule has 1 aromatic heterocycles. The average molecular weight is 314 g/mol. The first-order chi connectivity index (χ1) is 11.0. The number of carbonyl (C=O) groups is 1. The van der Waals surface area contributed by atoms with Crippen molar-refractivity contribution >= 4 is 11.6 Å². The van der Waals surface area contributed by atoms with Crippen LogP contribution in [0.15, 0.2) is 48.7 Å². The third kappa shape index (κ3) is 4.53. The molecule has 1 N–H and O–H groups in total. The van der Waals surface area contributed by atoms with Crippen molar-refractivity contribution in [1.29, 1.82) is 0 Å². The predicted molar refractivity (Wildman–Crippen MR) is 89.7 cm³/mol. The Morgan fingerprint density at radius 3 is 2.48 bits per heavy atom. The average Bonchev–Trinajstić information content (AvgIpc) is 2.57. The van der Waals surface area contributed by atoms with Crippen LogP contribution in [-0.2, 0) is 14.9 Å². The summed E-state index contributed by atoms with van der Waals surface area (Å²) in [6.07, 6.45) is 1.58. The molecule has 122 valence electrons. The topological polar surface area (TPSA) is 60.5 Å². The molecule has 0 aliphatic heterocycles. The molecule has 0 bridgehead atoms. The predicted octanol–water partition coefficient (Wildman–Crippen LogP) is 3.02. The molecule has 0 spiro atoms. The lowest BCUT2D eigenvalue weighted by Gasteiger charge is -2.24. The number of hydrogen-bond acceptors (Lipinski definition) is 4. The van der Waals surface area contributed by atoms with E-state index in [9.17, 15) is 4.79 Å². The zero-order valence-electron chi connectivity index (χ0n) is 13.7. The van der Waals surface area contributed by atoms with E-state index in [0.717, 1.165) is 5.56 Å². The van der Waals surface area contributed by atoms with Gasteiger partial charge in [-0.15, -0.1) is 0 Å². The summed E-state index contributed by atoms with van der Waals surface area (Å²) in [6, 6.07) is 13.2.